The van der Waals surface area contributed by atoms with E-state index in [0.29, 0.717) is 28.0 Å². The van der Waals surface area contributed by atoms with E-state index in [9.17, 15) is 4.79 Å². The van der Waals surface area contributed by atoms with Crippen LogP contribution in [-0.4, -0.2) is 25.2 Å². The number of hydrogen-bond donors (Lipinski definition) is 3. The Bertz CT molecular complexity index is 652. The summed E-state index contributed by atoms with van der Waals surface area (Å²) in [4.78, 5) is 15.9. The van der Waals surface area contributed by atoms with Crippen LogP contribution in [0.15, 0.2) is 36.5 Å². The Labute approximate surface area is 132 Å². The summed E-state index contributed by atoms with van der Waals surface area (Å²) in [5.41, 5.74) is 5.55. The molecule has 0 fully saturated rings. The number of pyridine rings is 1. The van der Waals surface area contributed by atoms with E-state index < -0.39 is 6.03 Å². The van der Waals surface area contributed by atoms with Crippen molar-refractivity contribution < 1.29 is 14.3 Å². The summed E-state index contributed by atoms with van der Waals surface area (Å²) in [5.74, 6) is 1.35. The lowest BCUT2D eigenvalue weighted by molar-refractivity contribution is 0.253. The van der Waals surface area contributed by atoms with Crippen LogP contribution in [0.5, 0.6) is 11.5 Å². The number of halogens is 1. The summed E-state index contributed by atoms with van der Waals surface area (Å²) in [7, 11) is 2.97. The Morgan fingerprint density at radius 1 is 1.18 bits per heavy atom. The lowest BCUT2D eigenvalue weighted by atomic mass is 10.2. The Balaban J connectivity index is 2.04. The van der Waals surface area contributed by atoms with Crippen LogP contribution < -0.4 is 25.6 Å². The van der Waals surface area contributed by atoms with E-state index in [1.807, 2.05) is 0 Å². The third-order valence-corrected chi connectivity index (χ3v) is 2.99. The number of aromatic nitrogens is 1. The summed E-state index contributed by atoms with van der Waals surface area (Å²) in [6.45, 7) is 0. The quantitative estimate of drug-likeness (QED) is 0.737. The maximum Gasteiger partial charge on any atom is 0.338 e. The average molecular weight is 323 g/mol. The number of nitrogens with zero attached hydrogens (tertiary/aromatic N) is 1. The molecule has 1 aromatic heterocycles. The zero-order chi connectivity index (χ0) is 15.9. The predicted octanol–water partition coefficient (Wildman–Crippen LogP) is 2.90. The second-order valence-electron chi connectivity index (χ2n) is 4.11. The largest absolute Gasteiger partial charge is 0.495 e. The zero-order valence-corrected chi connectivity index (χ0v) is 12.8. The normalized spacial score (nSPS) is 9.77. The molecule has 2 rings (SSSR count). The van der Waals surface area contributed by atoms with Gasteiger partial charge in [0.05, 0.1) is 24.9 Å². The maximum absolute atomic E-state index is 11.9. The van der Waals surface area contributed by atoms with Crippen LogP contribution in [0.3, 0.4) is 0 Å². The second-order valence-corrected chi connectivity index (χ2v) is 4.51. The molecular formula is C14H15ClN4O3. The maximum atomic E-state index is 11.9. The van der Waals surface area contributed by atoms with E-state index in [4.69, 9.17) is 21.1 Å². The fourth-order valence-corrected chi connectivity index (χ4v) is 1.90. The molecule has 0 atom stereocenters. The van der Waals surface area contributed by atoms with Gasteiger partial charge in [-0.15, -0.1) is 0 Å². The fourth-order valence-electron chi connectivity index (χ4n) is 1.67. The molecule has 2 amide bonds. The highest BCUT2D eigenvalue weighted by molar-refractivity contribution is 6.32. The molecule has 1 heterocycles. The Morgan fingerprint density at radius 2 is 1.95 bits per heavy atom. The van der Waals surface area contributed by atoms with Crippen LogP contribution in [-0.2, 0) is 0 Å². The second kappa shape index (κ2) is 7.37. The first-order valence-electron chi connectivity index (χ1n) is 6.29. The molecule has 0 spiro atoms. The van der Waals surface area contributed by atoms with Crippen LogP contribution in [0.1, 0.15) is 0 Å². The van der Waals surface area contributed by atoms with Crippen LogP contribution in [0.2, 0.25) is 5.02 Å². The number of hydrogen-bond acceptors (Lipinski definition) is 5. The number of ether oxygens (including phenoxy) is 2. The highest BCUT2D eigenvalue weighted by Crippen LogP contribution is 2.35. The minimum absolute atomic E-state index is 0.386. The van der Waals surface area contributed by atoms with Gasteiger partial charge in [0.15, 0.2) is 0 Å². The van der Waals surface area contributed by atoms with Crippen LogP contribution >= 0.6 is 11.6 Å². The number of amides is 2. The van der Waals surface area contributed by atoms with Gasteiger partial charge in [0.1, 0.15) is 17.3 Å². The Kier molecular flexibility index (Phi) is 5.26. The van der Waals surface area contributed by atoms with Crippen molar-refractivity contribution >= 4 is 29.1 Å². The Morgan fingerprint density at radius 3 is 2.59 bits per heavy atom. The zero-order valence-electron chi connectivity index (χ0n) is 12.0. The SMILES string of the molecule is COc1cc(NC(=O)NNc2ccccn2)c(OC)cc1Cl. The molecule has 22 heavy (non-hydrogen) atoms. The number of anilines is 2. The van der Waals surface area contributed by atoms with Gasteiger partial charge in [-0.25, -0.2) is 9.78 Å². The third-order valence-electron chi connectivity index (χ3n) is 2.69. The molecule has 0 saturated heterocycles. The molecule has 1 aromatic carbocycles. The standard InChI is InChI=1S/C14H15ClN4O3/c1-21-11-8-10(12(22-2)7-9(11)15)17-14(20)19-18-13-5-3-4-6-16-13/h3-8H,1-2H3,(H,16,18)(H2,17,19,20). The molecule has 0 bridgehead atoms. The lowest BCUT2D eigenvalue weighted by Crippen LogP contribution is -2.34. The van der Waals surface area contributed by atoms with Crippen molar-refractivity contribution in [3.63, 3.8) is 0 Å². The molecule has 8 heteroatoms. The number of nitrogens with one attached hydrogen (secondary N) is 3. The van der Waals surface area contributed by atoms with E-state index in [2.05, 4.69) is 21.2 Å². The monoisotopic (exact) mass is 322 g/mol. The molecule has 0 aliphatic rings. The van der Waals surface area contributed by atoms with Crippen molar-refractivity contribution in [2.24, 2.45) is 0 Å². The van der Waals surface area contributed by atoms with Gasteiger partial charge in [-0.2, -0.15) is 0 Å². The number of urea groups is 1. The molecule has 2 aromatic rings. The van der Waals surface area contributed by atoms with E-state index >= 15 is 0 Å². The first-order valence-corrected chi connectivity index (χ1v) is 6.67. The number of carbonyl (C=O) groups excluding carboxylic acids is 1. The van der Waals surface area contributed by atoms with Gasteiger partial charge in [-0.3, -0.25) is 10.9 Å². The van der Waals surface area contributed by atoms with E-state index in [0.717, 1.165) is 0 Å². The van der Waals surface area contributed by atoms with Gasteiger partial charge in [0.25, 0.3) is 0 Å². The van der Waals surface area contributed by atoms with Gasteiger partial charge in [-0.1, -0.05) is 17.7 Å². The third kappa shape index (κ3) is 3.92. The van der Waals surface area contributed by atoms with Gasteiger partial charge in [0, 0.05) is 18.3 Å². The minimum atomic E-state index is -0.492. The van der Waals surface area contributed by atoms with Gasteiger partial charge in [-0.05, 0) is 12.1 Å². The van der Waals surface area contributed by atoms with Crippen LogP contribution in [0, 0.1) is 0 Å². The minimum Gasteiger partial charge on any atom is -0.495 e. The van der Waals surface area contributed by atoms with Crippen molar-refractivity contribution in [3.8, 4) is 11.5 Å². The van der Waals surface area contributed by atoms with Crippen molar-refractivity contribution in [1.29, 1.82) is 0 Å². The summed E-state index contributed by atoms with van der Waals surface area (Å²) < 4.78 is 10.3. The lowest BCUT2D eigenvalue weighted by Gasteiger charge is -2.14. The van der Waals surface area contributed by atoms with Crippen molar-refractivity contribution in [1.82, 2.24) is 10.4 Å². The topological polar surface area (TPSA) is 84.5 Å². The van der Waals surface area contributed by atoms with Gasteiger partial charge < -0.3 is 14.8 Å². The van der Waals surface area contributed by atoms with Crippen LogP contribution in [0.25, 0.3) is 0 Å². The predicted molar refractivity (Wildman–Crippen MR) is 84.6 cm³/mol. The van der Waals surface area contributed by atoms with Crippen molar-refractivity contribution in [3.05, 3.63) is 41.6 Å². The van der Waals surface area contributed by atoms with Crippen LogP contribution in [0.4, 0.5) is 16.3 Å². The highest BCUT2D eigenvalue weighted by Gasteiger charge is 2.12. The van der Waals surface area contributed by atoms with Gasteiger partial charge >= 0.3 is 6.03 Å². The summed E-state index contributed by atoms with van der Waals surface area (Å²) >= 11 is 6.00. The number of rotatable bonds is 5. The number of hydrazine groups is 1. The first-order chi connectivity index (χ1) is 10.6. The Hall–Kier alpha value is -2.67. The molecule has 3 N–H and O–H groups in total. The number of carbonyl (C=O) groups is 1. The smallest absolute Gasteiger partial charge is 0.338 e. The van der Waals surface area contributed by atoms with E-state index in [1.165, 1.54) is 14.2 Å². The molecule has 0 aliphatic carbocycles. The fraction of sp³-hybridized carbons (Fsp3) is 0.143. The molecule has 0 unspecified atom stereocenters. The summed E-state index contributed by atoms with van der Waals surface area (Å²) in [5, 5.41) is 3.02. The molecule has 7 nitrogen and oxygen atoms in total. The average Bonchev–Trinajstić information content (AvgIpc) is 2.55. The number of methoxy groups -OCH3 is 2. The van der Waals surface area contributed by atoms with Crippen molar-refractivity contribution in [2.45, 2.75) is 0 Å². The summed E-state index contributed by atoms with van der Waals surface area (Å²) in [6.07, 6.45) is 1.61. The first kappa shape index (κ1) is 15.7. The molecule has 0 radical (unpaired) electrons. The summed E-state index contributed by atoms with van der Waals surface area (Å²) in [6, 6.07) is 7.92. The highest BCUT2D eigenvalue weighted by atomic mass is 35.5. The molecule has 0 saturated carbocycles. The molecular weight excluding hydrogens is 308 g/mol. The van der Waals surface area contributed by atoms with E-state index in [1.54, 1.807) is 36.5 Å². The number of benzene rings is 1. The molecule has 0 aliphatic heterocycles. The van der Waals surface area contributed by atoms with Crippen molar-refractivity contribution in [2.75, 3.05) is 25.0 Å². The van der Waals surface area contributed by atoms with Gasteiger partial charge in [0.2, 0.25) is 0 Å². The molecule has 116 valence electrons. The van der Waals surface area contributed by atoms with E-state index in [-0.39, 0.29) is 0 Å².